The first-order valence-corrected chi connectivity index (χ1v) is 9.74. The molecule has 0 amide bonds. The molecule has 0 atom stereocenters. The van der Waals surface area contributed by atoms with Gasteiger partial charge in [0.15, 0.2) is 5.13 Å². The third-order valence-electron chi connectivity index (χ3n) is 3.27. The Balaban J connectivity index is 1.71. The molecule has 2 aromatic carbocycles. The minimum absolute atomic E-state index is 0.190. The fourth-order valence-corrected chi connectivity index (χ4v) is 3.68. The van der Waals surface area contributed by atoms with Crippen LogP contribution < -0.4 is 10.3 Å². The van der Waals surface area contributed by atoms with Crippen molar-refractivity contribution in [2.24, 2.45) is 0 Å². The zero-order chi connectivity index (χ0) is 17.2. The number of nitrogens with one attached hydrogen (secondary N) is 2. The standard InChI is InChI=1S/C16H14ClN3O2S2/c1-11-2-8-14(9-3-11)24(21,22)20-19-16-18-15(10-23-16)12-4-6-13(17)7-5-12/h2-10,20H,1H3,(H,18,19). The number of hydrogen-bond donors (Lipinski definition) is 2. The predicted octanol–water partition coefficient (Wildman–Crippen LogP) is 4.08. The summed E-state index contributed by atoms with van der Waals surface area (Å²) in [4.78, 5) is 6.88. The van der Waals surface area contributed by atoms with E-state index in [-0.39, 0.29) is 4.90 Å². The molecule has 1 aromatic heterocycles. The predicted molar refractivity (Wildman–Crippen MR) is 97.7 cm³/mol. The van der Waals surface area contributed by atoms with Crippen LogP contribution in [-0.2, 0) is 10.0 Å². The SMILES string of the molecule is Cc1ccc(S(=O)(=O)NNc2nc(-c3ccc(Cl)cc3)cs2)cc1. The fourth-order valence-electron chi connectivity index (χ4n) is 1.97. The second kappa shape index (κ2) is 6.90. The van der Waals surface area contributed by atoms with Gasteiger partial charge in [0.1, 0.15) is 0 Å². The van der Waals surface area contributed by atoms with Crippen molar-refractivity contribution in [3.05, 3.63) is 64.5 Å². The molecule has 0 saturated heterocycles. The van der Waals surface area contributed by atoms with E-state index in [1.54, 1.807) is 36.4 Å². The van der Waals surface area contributed by atoms with Gasteiger partial charge in [-0.15, -0.1) is 16.2 Å². The van der Waals surface area contributed by atoms with Crippen molar-refractivity contribution in [1.29, 1.82) is 0 Å². The number of hydrazine groups is 1. The van der Waals surface area contributed by atoms with E-state index in [0.29, 0.717) is 10.2 Å². The summed E-state index contributed by atoms with van der Waals surface area (Å²) < 4.78 is 24.4. The van der Waals surface area contributed by atoms with Crippen LogP contribution in [0.25, 0.3) is 11.3 Å². The molecule has 3 rings (SSSR count). The molecule has 24 heavy (non-hydrogen) atoms. The van der Waals surface area contributed by atoms with Gasteiger partial charge >= 0.3 is 0 Å². The maximum absolute atomic E-state index is 12.2. The highest BCUT2D eigenvalue weighted by Gasteiger charge is 2.14. The lowest BCUT2D eigenvalue weighted by Crippen LogP contribution is -2.29. The van der Waals surface area contributed by atoms with Crippen LogP contribution in [0.3, 0.4) is 0 Å². The van der Waals surface area contributed by atoms with E-state index in [0.717, 1.165) is 16.8 Å². The average Bonchev–Trinajstić information content (AvgIpc) is 3.03. The number of sulfonamides is 1. The van der Waals surface area contributed by atoms with Gasteiger partial charge in [-0.2, -0.15) is 0 Å². The Kier molecular flexibility index (Phi) is 4.86. The molecule has 0 aliphatic heterocycles. The lowest BCUT2D eigenvalue weighted by Gasteiger charge is -2.07. The largest absolute Gasteiger partial charge is 0.283 e. The van der Waals surface area contributed by atoms with Gasteiger partial charge < -0.3 is 0 Å². The van der Waals surface area contributed by atoms with Gasteiger partial charge in [-0.25, -0.2) is 13.4 Å². The van der Waals surface area contributed by atoms with Crippen LogP contribution in [0.2, 0.25) is 5.02 Å². The van der Waals surface area contributed by atoms with Crippen molar-refractivity contribution in [1.82, 2.24) is 9.82 Å². The van der Waals surface area contributed by atoms with E-state index < -0.39 is 10.0 Å². The molecule has 2 N–H and O–H groups in total. The molecule has 0 fully saturated rings. The lowest BCUT2D eigenvalue weighted by molar-refractivity contribution is 0.587. The van der Waals surface area contributed by atoms with E-state index in [9.17, 15) is 8.42 Å². The van der Waals surface area contributed by atoms with Gasteiger partial charge in [-0.05, 0) is 31.2 Å². The van der Waals surface area contributed by atoms with E-state index in [1.807, 2.05) is 24.4 Å². The summed E-state index contributed by atoms with van der Waals surface area (Å²) in [7, 11) is -3.65. The monoisotopic (exact) mass is 379 g/mol. The second-order valence-electron chi connectivity index (χ2n) is 5.09. The first kappa shape index (κ1) is 16.9. The zero-order valence-corrected chi connectivity index (χ0v) is 15.0. The molecule has 5 nitrogen and oxygen atoms in total. The Morgan fingerprint density at radius 2 is 1.71 bits per heavy atom. The van der Waals surface area contributed by atoms with Crippen LogP contribution in [0.4, 0.5) is 5.13 Å². The molecule has 0 radical (unpaired) electrons. The van der Waals surface area contributed by atoms with Gasteiger partial charge in [0.2, 0.25) is 0 Å². The molecule has 0 aliphatic rings. The quantitative estimate of drug-likeness (QED) is 0.655. The van der Waals surface area contributed by atoms with Crippen molar-refractivity contribution >= 4 is 38.1 Å². The highest BCUT2D eigenvalue weighted by molar-refractivity contribution is 7.89. The molecule has 0 unspecified atom stereocenters. The second-order valence-corrected chi connectivity index (χ2v) is 8.07. The van der Waals surface area contributed by atoms with Crippen LogP contribution in [0.5, 0.6) is 0 Å². The summed E-state index contributed by atoms with van der Waals surface area (Å²) in [5.41, 5.74) is 5.29. The first-order chi connectivity index (χ1) is 11.4. The number of nitrogens with zero attached hydrogens (tertiary/aromatic N) is 1. The number of anilines is 1. The van der Waals surface area contributed by atoms with Crippen LogP contribution in [-0.4, -0.2) is 13.4 Å². The minimum Gasteiger partial charge on any atom is -0.283 e. The summed E-state index contributed by atoms with van der Waals surface area (Å²) in [6.07, 6.45) is 0. The number of thiazole rings is 1. The van der Waals surface area contributed by atoms with Crippen molar-refractivity contribution in [3.63, 3.8) is 0 Å². The molecule has 124 valence electrons. The third kappa shape index (κ3) is 3.93. The van der Waals surface area contributed by atoms with Crippen molar-refractivity contribution in [3.8, 4) is 11.3 Å². The number of hydrogen-bond acceptors (Lipinski definition) is 5. The number of aryl methyl sites for hydroxylation is 1. The van der Waals surface area contributed by atoms with E-state index in [2.05, 4.69) is 15.2 Å². The molecular weight excluding hydrogens is 366 g/mol. The molecule has 0 spiro atoms. The highest BCUT2D eigenvalue weighted by atomic mass is 35.5. The zero-order valence-electron chi connectivity index (χ0n) is 12.7. The first-order valence-electron chi connectivity index (χ1n) is 7.00. The van der Waals surface area contributed by atoms with E-state index >= 15 is 0 Å². The Morgan fingerprint density at radius 1 is 1.04 bits per heavy atom. The van der Waals surface area contributed by atoms with Gasteiger partial charge in [-0.1, -0.05) is 41.4 Å². The maximum atomic E-state index is 12.2. The van der Waals surface area contributed by atoms with E-state index in [1.165, 1.54) is 11.3 Å². The molecule has 1 heterocycles. The summed E-state index contributed by atoms with van der Waals surface area (Å²) in [5, 5.41) is 2.94. The smallest absolute Gasteiger partial charge is 0.257 e. The Morgan fingerprint density at radius 3 is 2.38 bits per heavy atom. The van der Waals surface area contributed by atoms with Gasteiger partial charge in [-0.3, -0.25) is 5.43 Å². The topological polar surface area (TPSA) is 71.1 Å². The van der Waals surface area contributed by atoms with Crippen molar-refractivity contribution < 1.29 is 8.42 Å². The molecule has 0 aliphatic carbocycles. The number of benzene rings is 2. The number of rotatable bonds is 5. The van der Waals surface area contributed by atoms with Gasteiger partial charge in [0.05, 0.1) is 10.6 Å². The third-order valence-corrected chi connectivity index (χ3v) is 5.54. The molecule has 8 heteroatoms. The lowest BCUT2D eigenvalue weighted by atomic mass is 10.2. The molecule has 0 bridgehead atoms. The van der Waals surface area contributed by atoms with Crippen LogP contribution in [0, 0.1) is 6.92 Å². The van der Waals surface area contributed by atoms with Crippen LogP contribution in [0.1, 0.15) is 5.56 Å². The Bertz CT molecular complexity index is 936. The van der Waals surface area contributed by atoms with Crippen molar-refractivity contribution in [2.75, 3.05) is 5.43 Å². The summed E-state index contributed by atoms with van der Waals surface area (Å²) in [6, 6.07) is 13.9. The summed E-state index contributed by atoms with van der Waals surface area (Å²) in [6.45, 7) is 1.90. The maximum Gasteiger partial charge on any atom is 0.257 e. The summed E-state index contributed by atoms with van der Waals surface area (Å²) in [5.74, 6) is 0. The van der Waals surface area contributed by atoms with Crippen LogP contribution >= 0.6 is 22.9 Å². The Hall–Kier alpha value is -1.93. The van der Waals surface area contributed by atoms with Gasteiger partial charge in [0, 0.05) is 16.0 Å². The highest BCUT2D eigenvalue weighted by Crippen LogP contribution is 2.25. The minimum atomic E-state index is -3.65. The average molecular weight is 380 g/mol. The number of halogens is 1. The normalized spacial score (nSPS) is 11.4. The van der Waals surface area contributed by atoms with Crippen LogP contribution in [0.15, 0.2) is 58.8 Å². The Labute approximate surface area is 149 Å². The van der Waals surface area contributed by atoms with E-state index in [4.69, 9.17) is 11.6 Å². The molecule has 0 saturated carbocycles. The summed E-state index contributed by atoms with van der Waals surface area (Å²) >= 11 is 7.17. The fraction of sp³-hybridized carbons (Fsp3) is 0.0625. The molecule has 3 aromatic rings. The van der Waals surface area contributed by atoms with Crippen molar-refractivity contribution in [2.45, 2.75) is 11.8 Å². The van der Waals surface area contributed by atoms with Gasteiger partial charge in [0.25, 0.3) is 10.0 Å². The molecular formula is C16H14ClN3O2S2. The number of aromatic nitrogens is 1.